The minimum absolute atomic E-state index is 0.00774. The molecule has 9 heteroatoms. The molecule has 2 atom stereocenters. The van der Waals surface area contributed by atoms with Crippen molar-refractivity contribution in [3.05, 3.63) is 71.8 Å². The Bertz CT molecular complexity index is 1120. The number of nitrogens with one attached hydrogen (secondary N) is 1. The summed E-state index contributed by atoms with van der Waals surface area (Å²) in [5.74, 6) is 0.577. The molecule has 1 aromatic carbocycles. The number of hydrogen-bond donors (Lipinski definition) is 1. The van der Waals surface area contributed by atoms with Gasteiger partial charge < -0.3 is 14.8 Å². The van der Waals surface area contributed by atoms with Crippen LogP contribution in [0.3, 0.4) is 0 Å². The van der Waals surface area contributed by atoms with Gasteiger partial charge >= 0.3 is 0 Å². The molecule has 2 aliphatic rings. The lowest BCUT2D eigenvalue weighted by molar-refractivity contribution is 0.0783. The molecule has 0 spiro atoms. The van der Waals surface area contributed by atoms with Crippen LogP contribution in [0.5, 0.6) is 0 Å². The second-order valence-corrected chi connectivity index (χ2v) is 7.69. The van der Waals surface area contributed by atoms with E-state index in [0.717, 1.165) is 5.82 Å². The van der Waals surface area contributed by atoms with Gasteiger partial charge in [-0.15, -0.1) is 10.2 Å². The van der Waals surface area contributed by atoms with Crippen molar-refractivity contribution in [2.45, 2.75) is 13.0 Å². The Balaban J connectivity index is 1.31. The van der Waals surface area contributed by atoms with Gasteiger partial charge in [-0.1, -0.05) is 6.07 Å². The van der Waals surface area contributed by atoms with Crippen LogP contribution >= 0.6 is 0 Å². The summed E-state index contributed by atoms with van der Waals surface area (Å²) in [6.07, 6.45) is 3.88. The van der Waals surface area contributed by atoms with Gasteiger partial charge in [0.05, 0.1) is 0 Å². The molecule has 152 valence electrons. The molecule has 0 bridgehead atoms. The molecule has 0 saturated carbocycles. The molecule has 1 N–H and O–H groups in total. The van der Waals surface area contributed by atoms with Gasteiger partial charge in [0.15, 0.2) is 0 Å². The van der Waals surface area contributed by atoms with E-state index >= 15 is 0 Å². The zero-order chi connectivity index (χ0) is 20.7. The van der Waals surface area contributed by atoms with Crippen LogP contribution in [0.2, 0.25) is 0 Å². The maximum atomic E-state index is 13.4. The molecule has 0 radical (unpaired) electrons. The maximum Gasteiger partial charge on any atom is 0.293 e. The fourth-order valence-electron chi connectivity index (χ4n) is 4.29. The quantitative estimate of drug-likeness (QED) is 0.718. The van der Waals surface area contributed by atoms with E-state index in [9.17, 15) is 14.0 Å². The van der Waals surface area contributed by atoms with E-state index in [-0.39, 0.29) is 23.6 Å². The van der Waals surface area contributed by atoms with E-state index in [0.29, 0.717) is 37.3 Å². The monoisotopic (exact) mass is 406 g/mol. The largest absolute Gasteiger partial charge is 0.338 e. The summed E-state index contributed by atoms with van der Waals surface area (Å²) in [7, 11) is 0. The molecular formula is C21H19FN6O2. The fraction of sp³-hybridized carbons (Fsp3) is 0.286. The molecule has 0 unspecified atom stereocenters. The number of amides is 2. The molecule has 30 heavy (non-hydrogen) atoms. The van der Waals surface area contributed by atoms with Crippen LogP contribution in [-0.2, 0) is 13.0 Å². The number of hydrogen-bond acceptors (Lipinski definition) is 5. The van der Waals surface area contributed by atoms with Crippen LogP contribution in [0.1, 0.15) is 26.8 Å². The third-order valence-electron chi connectivity index (χ3n) is 5.77. The first-order valence-corrected chi connectivity index (χ1v) is 9.77. The number of benzene rings is 1. The lowest BCUT2D eigenvalue weighted by Crippen LogP contribution is -2.31. The predicted molar refractivity (Wildman–Crippen MR) is 105 cm³/mol. The Morgan fingerprint density at radius 3 is 2.63 bits per heavy atom. The van der Waals surface area contributed by atoms with Gasteiger partial charge in [0.2, 0.25) is 5.82 Å². The Kier molecular flexibility index (Phi) is 4.50. The van der Waals surface area contributed by atoms with Gasteiger partial charge in [0, 0.05) is 49.7 Å². The van der Waals surface area contributed by atoms with E-state index in [4.69, 9.17) is 0 Å². The zero-order valence-electron chi connectivity index (χ0n) is 16.0. The first-order chi connectivity index (χ1) is 14.6. The Morgan fingerprint density at radius 1 is 1.03 bits per heavy atom. The number of halogens is 1. The van der Waals surface area contributed by atoms with Gasteiger partial charge in [-0.3, -0.25) is 14.6 Å². The topological polar surface area (TPSA) is 93.0 Å². The van der Waals surface area contributed by atoms with Gasteiger partial charge in [-0.05, 0) is 42.2 Å². The van der Waals surface area contributed by atoms with E-state index in [1.54, 1.807) is 30.6 Å². The minimum atomic E-state index is -0.430. The average Bonchev–Trinajstić information content (AvgIpc) is 3.35. The Morgan fingerprint density at radius 2 is 1.83 bits per heavy atom. The molecule has 0 aliphatic carbocycles. The average molecular weight is 406 g/mol. The summed E-state index contributed by atoms with van der Waals surface area (Å²) in [4.78, 5) is 31.3. The standard InChI is InChI=1S/C21H19FN6O2/c22-16-2-1-3-17(9-16)24-20(29)19-26-25-18-8-14-10-27(11-15(14)12-28(18)19)21(30)13-4-6-23-7-5-13/h1-7,9,14-15H,8,10-12H2,(H,24,29)/t14-,15+/m1/s1. The molecule has 2 aliphatic heterocycles. The Labute approximate surface area is 171 Å². The highest BCUT2D eigenvalue weighted by molar-refractivity contribution is 6.01. The highest BCUT2D eigenvalue weighted by Crippen LogP contribution is 2.33. The predicted octanol–water partition coefficient (Wildman–Crippen LogP) is 2.01. The number of rotatable bonds is 3. The lowest BCUT2D eigenvalue weighted by atomic mass is 9.89. The summed E-state index contributed by atoms with van der Waals surface area (Å²) >= 11 is 0. The number of carbonyl (C=O) groups is 2. The molecule has 2 amide bonds. The van der Waals surface area contributed by atoms with Gasteiger partial charge in [0.25, 0.3) is 11.8 Å². The zero-order valence-corrected chi connectivity index (χ0v) is 16.0. The van der Waals surface area contributed by atoms with E-state index in [1.165, 1.54) is 18.2 Å². The molecule has 4 heterocycles. The van der Waals surface area contributed by atoms with Crippen molar-refractivity contribution < 1.29 is 14.0 Å². The van der Waals surface area contributed by atoms with Gasteiger partial charge in [-0.25, -0.2) is 4.39 Å². The number of anilines is 1. The van der Waals surface area contributed by atoms with Crippen LogP contribution in [0.4, 0.5) is 10.1 Å². The van der Waals surface area contributed by atoms with Crippen LogP contribution in [0.25, 0.3) is 0 Å². The summed E-state index contributed by atoms with van der Waals surface area (Å²) in [5, 5.41) is 10.9. The fourth-order valence-corrected chi connectivity index (χ4v) is 4.29. The van der Waals surface area contributed by atoms with Crippen molar-refractivity contribution >= 4 is 17.5 Å². The van der Waals surface area contributed by atoms with Crippen LogP contribution in [0.15, 0.2) is 48.8 Å². The Hall–Kier alpha value is -3.62. The summed E-state index contributed by atoms with van der Waals surface area (Å²) < 4.78 is 15.2. The normalized spacial score (nSPS) is 19.8. The molecule has 8 nitrogen and oxygen atoms in total. The van der Waals surface area contributed by atoms with Gasteiger partial charge in [-0.2, -0.15) is 0 Å². The number of carbonyl (C=O) groups excluding carboxylic acids is 2. The summed E-state index contributed by atoms with van der Waals surface area (Å²) in [6.45, 7) is 1.84. The van der Waals surface area contributed by atoms with E-state index in [1.807, 2.05) is 9.47 Å². The third kappa shape index (κ3) is 3.32. The van der Waals surface area contributed by atoms with Crippen molar-refractivity contribution in [1.82, 2.24) is 24.6 Å². The first-order valence-electron chi connectivity index (χ1n) is 9.77. The smallest absolute Gasteiger partial charge is 0.293 e. The van der Waals surface area contributed by atoms with Crippen molar-refractivity contribution in [2.24, 2.45) is 11.8 Å². The van der Waals surface area contributed by atoms with Crippen LogP contribution in [0, 0.1) is 17.7 Å². The molecular weight excluding hydrogens is 387 g/mol. The summed E-state index contributed by atoms with van der Waals surface area (Å²) in [5.41, 5.74) is 0.985. The van der Waals surface area contributed by atoms with Crippen LogP contribution < -0.4 is 5.32 Å². The molecule has 5 rings (SSSR count). The lowest BCUT2D eigenvalue weighted by Gasteiger charge is -2.25. The maximum absolute atomic E-state index is 13.4. The van der Waals surface area contributed by atoms with Crippen molar-refractivity contribution in [1.29, 1.82) is 0 Å². The van der Waals surface area contributed by atoms with Crippen LogP contribution in [-0.4, -0.2) is 49.6 Å². The van der Waals surface area contributed by atoms with Crippen molar-refractivity contribution in [2.75, 3.05) is 18.4 Å². The van der Waals surface area contributed by atoms with E-state index < -0.39 is 11.7 Å². The van der Waals surface area contributed by atoms with Gasteiger partial charge in [0.1, 0.15) is 11.6 Å². The first kappa shape index (κ1) is 18.4. The highest BCUT2D eigenvalue weighted by Gasteiger charge is 2.40. The minimum Gasteiger partial charge on any atom is -0.338 e. The number of aromatic nitrogens is 4. The molecule has 2 aromatic heterocycles. The van der Waals surface area contributed by atoms with E-state index in [2.05, 4.69) is 20.5 Å². The van der Waals surface area contributed by atoms with Crippen molar-refractivity contribution in [3.8, 4) is 0 Å². The number of pyridine rings is 1. The second kappa shape index (κ2) is 7.33. The number of fused-ring (bicyclic) bond motifs is 2. The summed E-state index contributed by atoms with van der Waals surface area (Å²) in [6, 6.07) is 9.14. The van der Waals surface area contributed by atoms with Crippen molar-refractivity contribution in [3.63, 3.8) is 0 Å². The SMILES string of the molecule is O=C(Nc1cccc(F)c1)c1nnc2n1C[C@@H]1CN(C(=O)c3ccncc3)C[C@H]1C2. The second-order valence-electron chi connectivity index (χ2n) is 7.69. The molecule has 1 fully saturated rings. The molecule has 1 saturated heterocycles. The number of nitrogens with zero attached hydrogens (tertiary/aromatic N) is 5. The highest BCUT2D eigenvalue weighted by atomic mass is 19.1. The number of likely N-dealkylation sites (tertiary alicyclic amines) is 1. The third-order valence-corrected chi connectivity index (χ3v) is 5.77. The molecule has 3 aromatic rings.